The summed E-state index contributed by atoms with van der Waals surface area (Å²) < 4.78 is 5.08. The Hall–Kier alpha value is -3.64. The second kappa shape index (κ2) is 8.58. The quantitative estimate of drug-likeness (QED) is 0.583. The summed E-state index contributed by atoms with van der Waals surface area (Å²) in [6.07, 6.45) is 0. The van der Waals surface area contributed by atoms with Crippen molar-refractivity contribution in [3.05, 3.63) is 94.0 Å². The molecule has 29 heavy (non-hydrogen) atoms. The second-order valence-electron chi connectivity index (χ2n) is 6.09. The largest absolute Gasteiger partial charge is 0.497 e. The Bertz CT molecular complexity index is 1090. The molecule has 0 aliphatic carbocycles. The van der Waals surface area contributed by atoms with Crippen molar-refractivity contribution in [2.75, 3.05) is 12.4 Å². The SMILES string of the molecule is COc1ccc(C(=O)c2cccc(C(=O)Nc3ccc(Cl)cc3C(=O)O)c2)cc1. The minimum absolute atomic E-state index is 0.110. The number of halogens is 1. The molecule has 0 saturated heterocycles. The summed E-state index contributed by atoms with van der Waals surface area (Å²) >= 11 is 5.83. The molecule has 3 aromatic rings. The van der Waals surface area contributed by atoms with Gasteiger partial charge in [-0.2, -0.15) is 0 Å². The number of ketones is 1. The van der Waals surface area contributed by atoms with Gasteiger partial charge in [0, 0.05) is 21.7 Å². The Morgan fingerprint density at radius 2 is 1.59 bits per heavy atom. The van der Waals surface area contributed by atoms with Crippen LogP contribution in [0.5, 0.6) is 5.75 Å². The Labute approximate surface area is 171 Å². The summed E-state index contributed by atoms with van der Waals surface area (Å²) in [6, 6.07) is 17.0. The van der Waals surface area contributed by atoms with Crippen LogP contribution in [0.3, 0.4) is 0 Å². The van der Waals surface area contributed by atoms with Gasteiger partial charge in [0.1, 0.15) is 5.75 Å². The number of rotatable bonds is 6. The molecule has 1 amide bonds. The van der Waals surface area contributed by atoms with Crippen LogP contribution in [0.15, 0.2) is 66.7 Å². The van der Waals surface area contributed by atoms with Crippen LogP contribution in [0.1, 0.15) is 36.6 Å². The Balaban J connectivity index is 1.84. The van der Waals surface area contributed by atoms with Crippen LogP contribution in [-0.2, 0) is 0 Å². The molecule has 0 unspecified atom stereocenters. The van der Waals surface area contributed by atoms with Crippen LogP contribution >= 0.6 is 11.6 Å². The number of ether oxygens (including phenoxy) is 1. The Morgan fingerprint density at radius 1 is 0.897 bits per heavy atom. The minimum Gasteiger partial charge on any atom is -0.497 e. The molecule has 3 rings (SSSR count). The van der Waals surface area contributed by atoms with E-state index in [-0.39, 0.29) is 27.6 Å². The summed E-state index contributed by atoms with van der Waals surface area (Å²) in [6.45, 7) is 0. The number of carboxylic acids is 1. The third-order valence-corrected chi connectivity index (χ3v) is 4.43. The van der Waals surface area contributed by atoms with Gasteiger partial charge in [0.15, 0.2) is 5.78 Å². The number of hydrogen-bond donors (Lipinski definition) is 2. The van der Waals surface area contributed by atoms with Crippen molar-refractivity contribution < 1.29 is 24.2 Å². The van der Waals surface area contributed by atoms with E-state index in [1.54, 1.807) is 36.4 Å². The van der Waals surface area contributed by atoms with Gasteiger partial charge in [-0.3, -0.25) is 9.59 Å². The number of aromatic carboxylic acids is 1. The fourth-order valence-electron chi connectivity index (χ4n) is 2.71. The zero-order chi connectivity index (χ0) is 21.0. The molecule has 0 atom stereocenters. The molecule has 2 N–H and O–H groups in total. The van der Waals surface area contributed by atoms with Gasteiger partial charge in [0.05, 0.1) is 18.4 Å². The first kappa shape index (κ1) is 20.1. The predicted molar refractivity (Wildman–Crippen MR) is 109 cm³/mol. The van der Waals surface area contributed by atoms with Crippen LogP contribution in [0.2, 0.25) is 5.02 Å². The maximum Gasteiger partial charge on any atom is 0.337 e. The molecule has 0 aliphatic rings. The summed E-state index contributed by atoms with van der Waals surface area (Å²) in [5.41, 5.74) is 0.984. The molecular weight excluding hydrogens is 394 g/mol. The first-order chi connectivity index (χ1) is 13.9. The molecule has 0 spiro atoms. The molecule has 7 heteroatoms. The highest BCUT2D eigenvalue weighted by atomic mass is 35.5. The molecular formula is C22H16ClNO5. The third-order valence-electron chi connectivity index (χ3n) is 4.20. The minimum atomic E-state index is -1.22. The number of amides is 1. The number of methoxy groups -OCH3 is 1. The van der Waals surface area contributed by atoms with Crippen molar-refractivity contribution in [2.45, 2.75) is 0 Å². The maximum absolute atomic E-state index is 12.7. The van der Waals surface area contributed by atoms with E-state index in [1.165, 1.54) is 37.4 Å². The standard InChI is InChI=1S/C22H16ClNO5/c1-29-17-8-5-13(6-9-17)20(25)14-3-2-4-15(11-14)21(26)24-19-10-7-16(23)12-18(19)22(27)28/h2-12H,1H3,(H,24,26)(H,27,28). The lowest BCUT2D eigenvalue weighted by Gasteiger charge is -2.10. The first-order valence-electron chi connectivity index (χ1n) is 8.52. The van der Waals surface area contributed by atoms with E-state index in [9.17, 15) is 19.5 Å². The molecule has 146 valence electrons. The highest BCUT2D eigenvalue weighted by Gasteiger charge is 2.16. The Morgan fingerprint density at radius 3 is 2.24 bits per heavy atom. The average molecular weight is 410 g/mol. The van der Waals surface area contributed by atoms with Crippen molar-refractivity contribution in [2.24, 2.45) is 0 Å². The van der Waals surface area contributed by atoms with Gasteiger partial charge in [0.25, 0.3) is 5.91 Å². The molecule has 0 bridgehead atoms. The zero-order valence-corrected chi connectivity index (χ0v) is 16.1. The molecule has 0 heterocycles. The van der Waals surface area contributed by atoms with E-state index in [2.05, 4.69) is 5.32 Å². The number of carbonyl (C=O) groups excluding carboxylic acids is 2. The number of carbonyl (C=O) groups is 3. The smallest absolute Gasteiger partial charge is 0.337 e. The van der Waals surface area contributed by atoms with Crippen LogP contribution in [0.4, 0.5) is 5.69 Å². The highest BCUT2D eigenvalue weighted by Crippen LogP contribution is 2.22. The molecule has 0 radical (unpaired) electrons. The molecule has 6 nitrogen and oxygen atoms in total. The van der Waals surface area contributed by atoms with E-state index < -0.39 is 11.9 Å². The fraction of sp³-hybridized carbons (Fsp3) is 0.0455. The predicted octanol–water partition coefficient (Wildman–Crippen LogP) is 4.53. The fourth-order valence-corrected chi connectivity index (χ4v) is 2.88. The van der Waals surface area contributed by atoms with Crippen molar-refractivity contribution in [1.82, 2.24) is 0 Å². The number of carboxylic acid groups (broad SMARTS) is 1. The van der Waals surface area contributed by atoms with Gasteiger partial charge in [0.2, 0.25) is 0 Å². The zero-order valence-electron chi connectivity index (χ0n) is 15.3. The lowest BCUT2D eigenvalue weighted by Crippen LogP contribution is -2.15. The van der Waals surface area contributed by atoms with Crippen molar-refractivity contribution >= 4 is 34.9 Å². The normalized spacial score (nSPS) is 10.3. The van der Waals surface area contributed by atoms with Crippen LogP contribution in [0, 0.1) is 0 Å². The summed E-state index contributed by atoms with van der Waals surface area (Å²) in [4.78, 5) is 36.7. The third kappa shape index (κ3) is 4.62. The highest BCUT2D eigenvalue weighted by molar-refractivity contribution is 6.31. The summed E-state index contributed by atoms with van der Waals surface area (Å²) in [5.74, 6) is -1.38. The van der Waals surface area contributed by atoms with Crippen LogP contribution in [-0.4, -0.2) is 29.9 Å². The maximum atomic E-state index is 12.7. The first-order valence-corrected chi connectivity index (χ1v) is 8.90. The van der Waals surface area contributed by atoms with E-state index in [4.69, 9.17) is 16.3 Å². The van der Waals surface area contributed by atoms with Crippen LogP contribution in [0.25, 0.3) is 0 Å². The van der Waals surface area contributed by atoms with Gasteiger partial charge < -0.3 is 15.2 Å². The summed E-state index contributed by atoms with van der Waals surface area (Å²) in [7, 11) is 1.54. The second-order valence-corrected chi connectivity index (χ2v) is 6.52. The van der Waals surface area contributed by atoms with Gasteiger partial charge in [-0.25, -0.2) is 4.79 Å². The number of nitrogens with one attached hydrogen (secondary N) is 1. The van der Waals surface area contributed by atoms with E-state index >= 15 is 0 Å². The lowest BCUT2D eigenvalue weighted by molar-refractivity contribution is 0.0698. The molecule has 0 saturated carbocycles. The van der Waals surface area contributed by atoms with Crippen LogP contribution < -0.4 is 10.1 Å². The van der Waals surface area contributed by atoms with Crippen molar-refractivity contribution in [1.29, 1.82) is 0 Å². The summed E-state index contributed by atoms with van der Waals surface area (Å²) in [5, 5.41) is 12.1. The molecule has 0 aliphatic heterocycles. The van der Waals surface area contributed by atoms with Crippen molar-refractivity contribution in [3.8, 4) is 5.75 Å². The Kier molecular flexibility index (Phi) is 5.95. The van der Waals surface area contributed by atoms with E-state index in [0.29, 0.717) is 16.9 Å². The van der Waals surface area contributed by atoms with Crippen molar-refractivity contribution in [3.63, 3.8) is 0 Å². The lowest BCUT2D eigenvalue weighted by atomic mass is 10.0. The number of benzene rings is 3. The molecule has 0 aromatic heterocycles. The molecule has 3 aromatic carbocycles. The average Bonchev–Trinajstić information content (AvgIpc) is 2.74. The topological polar surface area (TPSA) is 92.7 Å². The van der Waals surface area contributed by atoms with Gasteiger partial charge in [-0.05, 0) is 54.6 Å². The van der Waals surface area contributed by atoms with Gasteiger partial charge in [-0.1, -0.05) is 23.7 Å². The van der Waals surface area contributed by atoms with Gasteiger partial charge in [-0.15, -0.1) is 0 Å². The molecule has 0 fully saturated rings. The van der Waals surface area contributed by atoms with E-state index in [1.807, 2.05) is 0 Å². The number of anilines is 1. The van der Waals surface area contributed by atoms with Gasteiger partial charge >= 0.3 is 5.97 Å². The number of hydrogen-bond acceptors (Lipinski definition) is 4. The monoisotopic (exact) mass is 409 g/mol. The van der Waals surface area contributed by atoms with E-state index in [0.717, 1.165) is 0 Å².